The molecule has 2 N–H and O–H groups in total. The summed E-state index contributed by atoms with van der Waals surface area (Å²) in [6.45, 7) is 5.38. The average Bonchev–Trinajstić information content (AvgIpc) is 2.21. The normalized spacial score (nSPS) is 9.71. The number of hydrogen-bond acceptors (Lipinski definition) is 4. The molecule has 0 aromatic carbocycles. The Morgan fingerprint density at radius 1 is 1.29 bits per heavy atom. The summed E-state index contributed by atoms with van der Waals surface area (Å²) >= 11 is 1.26. The minimum atomic E-state index is -1.07. The molecule has 6 heteroatoms. The third-order valence-corrected chi connectivity index (χ3v) is 2.75. The Morgan fingerprint density at radius 2 is 1.94 bits per heavy atom. The maximum Gasteiger partial charge on any atom is 0.308 e. The Morgan fingerprint density at radius 3 is 2.47 bits per heavy atom. The number of unbranched alkanes of at least 4 members (excludes halogenated alkanes) is 1. The van der Waals surface area contributed by atoms with Crippen LogP contribution < -0.4 is 5.32 Å². The van der Waals surface area contributed by atoms with Crippen molar-refractivity contribution in [3.63, 3.8) is 0 Å². The van der Waals surface area contributed by atoms with Crippen LogP contribution in [0.5, 0.6) is 0 Å². The fraction of sp³-hybridized carbons (Fsp3) is 0.545. The molecule has 0 aromatic rings. The van der Waals surface area contributed by atoms with Crippen LogP contribution in [0.1, 0.15) is 26.2 Å². The van der Waals surface area contributed by atoms with Crippen LogP contribution in [0.15, 0.2) is 12.2 Å². The molecule has 0 aliphatic heterocycles. The van der Waals surface area contributed by atoms with Gasteiger partial charge in [-0.3, -0.25) is 14.4 Å². The molecule has 0 heterocycles. The largest absolute Gasteiger partial charge is 0.481 e. The van der Waals surface area contributed by atoms with E-state index >= 15 is 0 Å². The molecule has 5 nitrogen and oxygen atoms in total. The number of carboxylic acid groups (broad SMARTS) is 1. The number of aliphatic carboxylic acids is 1. The summed E-state index contributed by atoms with van der Waals surface area (Å²) in [6, 6.07) is 0. The zero-order chi connectivity index (χ0) is 13.3. The van der Waals surface area contributed by atoms with E-state index in [1.54, 1.807) is 0 Å². The molecule has 17 heavy (non-hydrogen) atoms. The Kier molecular flexibility index (Phi) is 8.13. The van der Waals surface area contributed by atoms with Gasteiger partial charge in [0, 0.05) is 24.8 Å². The van der Waals surface area contributed by atoms with Crippen molar-refractivity contribution in [2.45, 2.75) is 26.2 Å². The lowest BCUT2D eigenvalue weighted by Gasteiger charge is -2.05. The Hall–Kier alpha value is -1.30. The van der Waals surface area contributed by atoms with Gasteiger partial charge in [-0.15, -0.1) is 0 Å². The molecular weight excluding hydrogens is 242 g/mol. The average molecular weight is 259 g/mol. The van der Waals surface area contributed by atoms with Crippen LogP contribution in [0.25, 0.3) is 0 Å². The van der Waals surface area contributed by atoms with E-state index < -0.39 is 11.9 Å². The van der Waals surface area contributed by atoms with E-state index in [0.29, 0.717) is 6.54 Å². The number of hydrogen-bond donors (Lipinski definition) is 2. The highest BCUT2D eigenvalue weighted by molar-refractivity contribution is 8.13. The van der Waals surface area contributed by atoms with Crippen molar-refractivity contribution in [2.75, 3.05) is 12.3 Å². The number of carbonyl (C=O) groups excluding carboxylic acids is 2. The fourth-order valence-corrected chi connectivity index (χ4v) is 1.67. The van der Waals surface area contributed by atoms with Gasteiger partial charge >= 0.3 is 5.97 Å². The first-order valence-corrected chi connectivity index (χ1v) is 6.23. The summed E-state index contributed by atoms with van der Waals surface area (Å²) < 4.78 is 0. The molecule has 96 valence electrons. The maximum absolute atomic E-state index is 11.3. The molecule has 0 aromatic heterocycles. The van der Waals surface area contributed by atoms with Gasteiger partial charge in [0.1, 0.15) is 0 Å². The van der Waals surface area contributed by atoms with E-state index in [4.69, 9.17) is 5.11 Å². The zero-order valence-electron chi connectivity index (χ0n) is 9.82. The first-order valence-electron chi connectivity index (χ1n) is 5.24. The van der Waals surface area contributed by atoms with Gasteiger partial charge in [-0.2, -0.15) is 0 Å². The van der Waals surface area contributed by atoms with Crippen LogP contribution >= 0.6 is 11.8 Å². The van der Waals surface area contributed by atoms with Gasteiger partial charge < -0.3 is 10.4 Å². The number of carboxylic acids is 1. The van der Waals surface area contributed by atoms with Gasteiger partial charge in [0.15, 0.2) is 5.12 Å². The lowest BCUT2D eigenvalue weighted by molar-refractivity contribution is -0.137. The van der Waals surface area contributed by atoms with Crippen molar-refractivity contribution < 1.29 is 19.5 Å². The van der Waals surface area contributed by atoms with Crippen molar-refractivity contribution >= 4 is 28.8 Å². The summed E-state index contributed by atoms with van der Waals surface area (Å²) in [4.78, 5) is 32.2. The quantitative estimate of drug-likeness (QED) is 0.505. The first kappa shape index (κ1) is 15.7. The van der Waals surface area contributed by atoms with Gasteiger partial charge in [-0.1, -0.05) is 18.3 Å². The second kappa shape index (κ2) is 8.81. The summed E-state index contributed by atoms with van der Waals surface area (Å²) in [6.07, 6.45) is 1.24. The number of nitrogens with one attached hydrogen (secondary N) is 1. The molecule has 0 saturated carbocycles. The van der Waals surface area contributed by atoms with Crippen LogP contribution in [-0.4, -0.2) is 34.4 Å². The van der Waals surface area contributed by atoms with Crippen LogP contribution in [0, 0.1) is 0 Å². The molecule has 0 radical (unpaired) electrons. The van der Waals surface area contributed by atoms with Gasteiger partial charge in [-0.05, 0) is 12.8 Å². The molecule has 1 amide bonds. The van der Waals surface area contributed by atoms with Crippen molar-refractivity contribution in [1.29, 1.82) is 0 Å². The maximum atomic E-state index is 11.3. The monoisotopic (exact) mass is 259 g/mol. The molecule has 0 fully saturated rings. The molecule has 0 spiro atoms. The summed E-state index contributed by atoms with van der Waals surface area (Å²) in [5.74, 6) is -0.754. The van der Waals surface area contributed by atoms with Crippen molar-refractivity contribution in [3.8, 4) is 0 Å². The van der Waals surface area contributed by atoms with E-state index in [-0.39, 0.29) is 17.1 Å². The van der Waals surface area contributed by atoms with Crippen LogP contribution in [0.4, 0.5) is 0 Å². The summed E-state index contributed by atoms with van der Waals surface area (Å²) in [7, 11) is 0. The molecule has 0 unspecified atom stereocenters. The second-order valence-electron chi connectivity index (χ2n) is 3.48. The summed E-state index contributed by atoms with van der Waals surface area (Å²) in [5.41, 5.74) is 0.0515. The van der Waals surface area contributed by atoms with Crippen molar-refractivity contribution in [2.24, 2.45) is 0 Å². The van der Waals surface area contributed by atoms with E-state index in [2.05, 4.69) is 11.9 Å². The molecule has 0 atom stereocenters. The lowest BCUT2D eigenvalue weighted by Crippen LogP contribution is -2.26. The Balaban J connectivity index is 3.54. The highest BCUT2D eigenvalue weighted by Crippen LogP contribution is 2.04. The fourth-order valence-electron chi connectivity index (χ4n) is 1.03. The third-order valence-electron chi connectivity index (χ3n) is 1.85. The lowest BCUT2D eigenvalue weighted by atomic mass is 10.2. The van der Waals surface area contributed by atoms with Crippen LogP contribution in [0.3, 0.4) is 0 Å². The van der Waals surface area contributed by atoms with E-state index in [1.807, 2.05) is 0 Å². The van der Waals surface area contributed by atoms with E-state index in [1.165, 1.54) is 18.7 Å². The van der Waals surface area contributed by atoms with Crippen LogP contribution in [-0.2, 0) is 14.4 Å². The number of thioether (sulfide) groups is 1. The summed E-state index contributed by atoms with van der Waals surface area (Å²) in [5, 5.41) is 11.1. The molecular formula is C11H17NO4S. The predicted molar refractivity (Wildman–Crippen MR) is 66.8 cm³/mol. The standard InChI is InChI=1S/C11H17NO4S/c1-8(7-10(14)15)11(16)12-5-3-4-6-17-9(2)13/h1,3-7H2,2H3,(H,12,16)(H,14,15). The number of carbonyl (C=O) groups is 3. The van der Waals surface area contributed by atoms with Gasteiger partial charge in [-0.25, -0.2) is 0 Å². The number of rotatable bonds is 8. The minimum Gasteiger partial charge on any atom is -0.481 e. The van der Waals surface area contributed by atoms with Gasteiger partial charge in [0.25, 0.3) is 0 Å². The first-order chi connectivity index (χ1) is 7.93. The predicted octanol–water partition coefficient (Wildman–Crippen LogP) is 1.19. The minimum absolute atomic E-state index is 0.0515. The molecule has 0 bridgehead atoms. The SMILES string of the molecule is C=C(CC(=O)O)C(=O)NCCCCSC(C)=O. The second-order valence-corrected chi connectivity index (χ2v) is 4.75. The Labute approximate surface area is 105 Å². The number of amides is 1. The van der Waals surface area contributed by atoms with Gasteiger partial charge in [0.2, 0.25) is 5.91 Å². The highest BCUT2D eigenvalue weighted by atomic mass is 32.2. The topological polar surface area (TPSA) is 83.5 Å². The van der Waals surface area contributed by atoms with E-state index in [9.17, 15) is 14.4 Å². The molecule has 0 saturated heterocycles. The zero-order valence-corrected chi connectivity index (χ0v) is 10.6. The molecule has 0 aliphatic carbocycles. The smallest absolute Gasteiger partial charge is 0.308 e. The van der Waals surface area contributed by atoms with E-state index in [0.717, 1.165) is 18.6 Å². The Bertz CT molecular complexity index is 315. The third kappa shape index (κ3) is 9.62. The van der Waals surface area contributed by atoms with Gasteiger partial charge in [0.05, 0.1) is 6.42 Å². The molecule has 0 aliphatic rings. The van der Waals surface area contributed by atoms with Crippen molar-refractivity contribution in [1.82, 2.24) is 5.32 Å². The van der Waals surface area contributed by atoms with Crippen LogP contribution in [0.2, 0.25) is 0 Å². The highest BCUT2D eigenvalue weighted by Gasteiger charge is 2.09. The van der Waals surface area contributed by atoms with Crippen molar-refractivity contribution in [3.05, 3.63) is 12.2 Å². The molecule has 0 rings (SSSR count).